The van der Waals surface area contributed by atoms with E-state index in [1.807, 2.05) is 12.1 Å². The predicted molar refractivity (Wildman–Crippen MR) is 51.6 cm³/mol. The topological polar surface area (TPSA) is 0 Å². The molecule has 0 N–H and O–H groups in total. The molecule has 54 valence electrons. The predicted octanol–water partition coefficient (Wildman–Crippen LogP) is 3.19. The minimum Gasteiger partial charge on any atom is -0.175 e. The molecular formula is C8H9BrS. The van der Waals surface area contributed by atoms with Crippen LogP contribution < -0.4 is 0 Å². The minimum absolute atomic E-state index is 0.811. The summed E-state index contributed by atoms with van der Waals surface area (Å²) in [5, 5.41) is 0. The van der Waals surface area contributed by atoms with Gasteiger partial charge in [-0.05, 0) is 24.1 Å². The summed E-state index contributed by atoms with van der Waals surface area (Å²) < 4.78 is 1.17. The number of rotatable bonds is 1. The molecule has 0 saturated carbocycles. The zero-order valence-corrected chi connectivity index (χ0v) is 8.24. The van der Waals surface area contributed by atoms with Crippen molar-refractivity contribution in [3.05, 3.63) is 33.8 Å². The van der Waals surface area contributed by atoms with Crippen LogP contribution in [0.5, 0.6) is 0 Å². The molecule has 1 rings (SSSR count). The lowest BCUT2D eigenvalue weighted by molar-refractivity contribution is 1.29. The van der Waals surface area contributed by atoms with E-state index in [4.69, 9.17) is 0 Å². The third-order valence-corrected chi connectivity index (χ3v) is 2.75. The van der Waals surface area contributed by atoms with Crippen LogP contribution in [-0.4, -0.2) is 0 Å². The first-order valence-electron chi connectivity index (χ1n) is 3.10. The molecular weight excluding hydrogens is 208 g/mol. The van der Waals surface area contributed by atoms with Crippen molar-refractivity contribution >= 4 is 28.6 Å². The molecule has 0 nitrogen and oxygen atoms in total. The maximum absolute atomic E-state index is 4.21. The van der Waals surface area contributed by atoms with E-state index in [1.165, 1.54) is 15.6 Å². The third-order valence-electron chi connectivity index (χ3n) is 1.55. The van der Waals surface area contributed by atoms with E-state index in [1.54, 1.807) is 0 Å². The molecule has 0 amide bonds. The Labute approximate surface area is 75.2 Å². The Bertz CT molecular complexity index is 233. The van der Waals surface area contributed by atoms with E-state index in [9.17, 15) is 0 Å². The molecule has 0 bridgehead atoms. The van der Waals surface area contributed by atoms with Crippen LogP contribution in [0.2, 0.25) is 0 Å². The van der Waals surface area contributed by atoms with Crippen molar-refractivity contribution in [3.63, 3.8) is 0 Å². The van der Waals surface area contributed by atoms with E-state index >= 15 is 0 Å². The first-order valence-corrected chi connectivity index (χ1v) is 4.53. The number of hydrogen-bond donors (Lipinski definition) is 1. The second kappa shape index (κ2) is 3.44. The summed E-state index contributed by atoms with van der Waals surface area (Å²) in [4.78, 5) is 0. The van der Waals surface area contributed by atoms with E-state index in [2.05, 4.69) is 41.5 Å². The maximum Gasteiger partial charge on any atom is 0.0207 e. The van der Waals surface area contributed by atoms with Crippen molar-refractivity contribution < 1.29 is 0 Å². The fourth-order valence-corrected chi connectivity index (χ4v) is 1.57. The van der Waals surface area contributed by atoms with Crippen molar-refractivity contribution in [1.82, 2.24) is 0 Å². The molecule has 10 heavy (non-hydrogen) atoms. The van der Waals surface area contributed by atoms with Gasteiger partial charge in [0, 0.05) is 10.2 Å². The van der Waals surface area contributed by atoms with Gasteiger partial charge in [0.2, 0.25) is 0 Å². The summed E-state index contributed by atoms with van der Waals surface area (Å²) in [7, 11) is 0. The van der Waals surface area contributed by atoms with Crippen LogP contribution in [0.4, 0.5) is 0 Å². The summed E-state index contributed by atoms with van der Waals surface area (Å²) >= 11 is 7.66. The fraction of sp³-hybridized carbons (Fsp3) is 0.250. The molecule has 0 heterocycles. The lowest BCUT2D eigenvalue weighted by atomic mass is 10.1. The standard InChI is InChI=1S/C8H9BrS/c1-6-7(5-10)3-2-4-8(6)9/h2-4,10H,5H2,1H3. The molecule has 0 aromatic heterocycles. The van der Waals surface area contributed by atoms with Crippen LogP contribution in [-0.2, 0) is 5.75 Å². The summed E-state index contributed by atoms with van der Waals surface area (Å²) in [5.41, 5.74) is 2.58. The second-order valence-corrected chi connectivity index (χ2v) is 3.35. The average Bonchev–Trinajstić information content (AvgIpc) is 1.95. The largest absolute Gasteiger partial charge is 0.175 e. The molecule has 1 aromatic rings. The normalized spacial score (nSPS) is 9.90. The van der Waals surface area contributed by atoms with E-state index in [0.717, 1.165) is 5.75 Å². The average molecular weight is 217 g/mol. The lowest BCUT2D eigenvalue weighted by Gasteiger charge is -2.02. The zero-order valence-electron chi connectivity index (χ0n) is 5.76. The molecule has 0 radical (unpaired) electrons. The minimum atomic E-state index is 0.811. The maximum atomic E-state index is 4.21. The number of hydrogen-bond acceptors (Lipinski definition) is 1. The Balaban J connectivity index is 3.14. The highest BCUT2D eigenvalue weighted by Gasteiger charge is 1.97. The molecule has 0 fully saturated rings. The monoisotopic (exact) mass is 216 g/mol. The Hall–Kier alpha value is 0.0500. The van der Waals surface area contributed by atoms with Gasteiger partial charge in [-0.1, -0.05) is 28.1 Å². The van der Waals surface area contributed by atoms with Gasteiger partial charge >= 0.3 is 0 Å². The Morgan fingerprint density at radius 1 is 1.50 bits per heavy atom. The second-order valence-electron chi connectivity index (χ2n) is 2.18. The van der Waals surface area contributed by atoms with Crippen molar-refractivity contribution in [2.45, 2.75) is 12.7 Å². The van der Waals surface area contributed by atoms with Gasteiger partial charge in [-0.25, -0.2) is 0 Å². The van der Waals surface area contributed by atoms with Gasteiger partial charge in [-0.2, -0.15) is 12.6 Å². The fourth-order valence-electron chi connectivity index (χ4n) is 0.823. The van der Waals surface area contributed by atoms with Crippen LogP contribution in [0.15, 0.2) is 22.7 Å². The van der Waals surface area contributed by atoms with Gasteiger partial charge in [0.15, 0.2) is 0 Å². The summed E-state index contributed by atoms with van der Waals surface area (Å²) in [5.74, 6) is 0.811. The first kappa shape index (κ1) is 8.15. The molecule has 1 aromatic carbocycles. The van der Waals surface area contributed by atoms with Crippen molar-refractivity contribution in [1.29, 1.82) is 0 Å². The highest BCUT2D eigenvalue weighted by molar-refractivity contribution is 9.10. The van der Waals surface area contributed by atoms with Gasteiger partial charge in [0.1, 0.15) is 0 Å². The van der Waals surface area contributed by atoms with Gasteiger partial charge < -0.3 is 0 Å². The van der Waals surface area contributed by atoms with E-state index < -0.39 is 0 Å². The Morgan fingerprint density at radius 2 is 2.20 bits per heavy atom. The molecule has 0 unspecified atom stereocenters. The highest BCUT2D eigenvalue weighted by atomic mass is 79.9. The molecule has 0 spiro atoms. The van der Waals surface area contributed by atoms with E-state index in [-0.39, 0.29) is 0 Å². The van der Waals surface area contributed by atoms with Crippen LogP contribution in [0.1, 0.15) is 11.1 Å². The SMILES string of the molecule is Cc1c(Br)cccc1CS. The van der Waals surface area contributed by atoms with Crippen LogP contribution >= 0.6 is 28.6 Å². The van der Waals surface area contributed by atoms with Crippen LogP contribution in [0.3, 0.4) is 0 Å². The van der Waals surface area contributed by atoms with Crippen molar-refractivity contribution in [3.8, 4) is 0 Å². The summed E-state index contributed by atoms with van der Waals surface area (Å²) in [6.45, 7) is 2.09. The summed E-state index contributed by atoms with van der Waals surface area (Å²) in [6.07, 6.45) is 0. The van der Waals surface area contributed by atoms with Crippen molar-refractivity contribution in [2.75, 3.05) is 0 Å². The third kappa shape index (κ3) is 1.55. The number of benzene rings is 1. The lowest BCUT2D eigenvalue weighted by Crippen LogP contribution is -1.84. The number of thiol groups is 1. The molecule has 0 atom stereocenters. The first-order chi connectivity index (χ1) is 4.75. The van der Waals surface area contributed by atoms with E-state index in [0.29, 0.717) is 0 Å². The van der Waals surface area contributed by atoms with Crippen LogP contribution in [0, 0.1) is 6.92 Å². The van der Waals surface area contributed by atoms with Crippen LogP contribution in [0.25, 0.3) is 0 Å². The quantitative estimate of drug-likeness (QED) is 0.686. The van der Waals surface area contributed by atoms with Gasteiger partial charge in [-0.3, -0.25) is 0 Å². The molecule has 0 saturated heterocycles. The molecule has 2 heteroatoms. The van der Waals surface area contributed by atoms with Crippen molar-refractivity contribution in [2.24, 2.45) is 0 Å². The number of halogens is 1. The summed E-state index contributed by atoms with van der Waals surface area (Å²) in [6, 6.07) is 6.16. The Kier molecular flexibility index (Phi) is 2.81. The smallest absolute Gasteiger partial charge is 0.0207 e. The zero-order chi connectivity index (χ0) is 7.56. The van der Waals surface area contributed by atoms with Gasteiger partial charge in [0.05, 0.1) is 0 Å². The highest BCUT2D eigenvalue weighted by Crippen LogP contribution is 2.20. The van der Waals surface area contributed by atoms with Gasteiger partial charge in [0.25, 0.3) is 0 Å². The van der Waals surface area contributed by atoms with Gasteiger partial charge in [-0.15, -0.1) is 0 Å². The molecule has 0 aliphatic rings. The molecule has 0 aliphatic carbocycles. The molecule has 0 aliphatic heterocycles. The Morgan fingerprint density at radius 3 is 2.70 bits per heavy atom.